The molecule has 2 fully saturated rings. The second-order valence-corrected chi connectivity index (χ2v) is 7.62. The lowest BCUT2D eigenvalue weighted by Crippen LogP contribution is -2.20. The van der Waals surface area contributed by atoms with Crippen molar-refractivity contribution in [1.29, 1.82) is 5.26 Å². The molecule has 2 aromatic rings. The highest BCUT2D eigenvalue weighted by Gasteiger charge is 2.36. The Hall–Kier alpha value is -2.04. The van der Waals surface area contributed by atoms with Crippen molar-refractivity contribution >= 4 is 11.8 Å². The van der Waals surface area contributed by atoms with E-state index in [9.17, 15) is 5.11 Å². The largest absolute Gasteiger partial charge is 0.491 e. The van der Waals surface area contributed by atoms with Gasteiger partial charge in [-0.3, -0.25) is 0 Å². The Balaban J connectivity index is 1.30. The average Bonchev–Trinajstić information content (AvgIpc) is 3.57. The van der Waals surface area contributed by atoms with Crippen molar-refractivity contribution in [2.24, 2.45) is 0 Å². The van der Waals surface area contributed by atoms with Gasteiger partial charge in [-0.2, -0.15) is 5.26 Å². The van der Waals surface area contributed by atoms with E-state index in [1.54, 1.807) is 36.0 Å². The van der Waals surface area contributed by atoms with Crippen LogP contribution < -0.4 is 4.74 Å². The molecule has 0 radical (unpaired) electrons. The number of aliphatic hydroxyl groups excluding tert-OH is 1. The predicted molar refractivity (Wildman–Crippen MR) is 93.7 cm³/mol. The molecule has 1 unspecified atom stereocenters. The number of hydrogen-bond donors (Lipinski definition) is 1. The van der Waals surface area contributed by atoms with E-state index in [0.717, 1.165) is 11.0 Å². The molecular formula is C18H20N4O2S. The average molecular weight is 356 g/mol. The number of nitriles is 1. The molecule has 25 heavy (non-hydrogen) atoms. The number of nitrogens with zero attached hydrogens (tertiary/aromatic N) is 4. The standard InChI is InChI=1S/C18H20N4O2S/c19-9-12-1-7-16(8-2-12)24-10-15(23)11-25-18-21-20-17(13-3-4-13)22(18)14-5-6-14/h1-2,7-8,13-15,23H,3-6,10-11H2. The molecule has 7 heteroatoms. The molecule has 0 spiro atoms. The van der Waals surface area contributed by atoms with E-state index in [2.05, 4.69) is 20.8 Å². The summed E-state index contributed by atoms with van der Waals surface area (Å²) in [4.78, 5) is 0. The molecule has 0 aliphatic heterocycles. The molecule has 130 valence electrons. The Morgan fingerprint density at radius 2 is 2.00 bits per heavy atom. The third-order valence-corrected chi connectivity index (χ3v) is 5.46. The van der Waals surface area contributed by atoms with Crippen LogP contribution in [0.4, 0.5) is 0 Å². The lowest BCUT2D eigenvalue weighted by Gasteiger charge is -2.13. The highest BCUT2D eigenvalue weighted by molar-refractivity contribution is 7.99. The molecule has 1 aromatic heterocycles. The van der Waals surface area contributed by atoms with Crippen LogP contribution in [0.2, 0.25) is 0 Å². The summed E-state index contributed by atoms with van der Waals surface area (Å²) in [5, 5.41) is 28.6. The lowest BCUT2D eigenvalue weighted by molar-refractivity contribution is 0.126. The zero-order valence-electron chi connectivity index (χ0n) is 13.8. The summed E-state index contributed by atoms with van der Waals surface area (Å²) in [5.74, 6) is 2.90. The molecule has 0 saturated heterocycles. The van der Waals surface area contributed by atoms with E-state index in [-0.39, 0.29) is 6.61 Å². The predicted octanol–water partition coefficient (Wildman–Crippen LogP) is 2.89. The van der Waals surface area contributed by atoms with Gasteiger partial charge >= 0.3 is 0 Å². The van der Waals surface area contributed by atoms with Gasteiger partial charge in [-0.05, 0) is 49.9 Å². The first-order chi connectivity index (χ1) is 12.2. The summed E-state index contributed by atoms with van der Waals surface area (Å²) in [6.07, 6.45) is 4.26. The van der Waals surface area contributed by atoms with Crippen molar-refractivity contribution in [3.8, 4) is 11.8 Å². The van der Waals surface area contributed by atoms with Gasteiger partial charge in [-0.25, -0.2) is 0 Å². The lowest BCUT2D eigenvalue weighted by atomic mass is 10.2. The van der Waals surface area contributed by atoms with E-state index in [4.69, 9.17) is 10.00 Å². The number of thioether (sulfide) groups is 1. The van der Waals surface area contributed by atoms with Crippen LogP contribution in [-0.4, -0.2) is 38.3 Å². The van der Waals surface area contributed by atoms with Crippen LogP contribution >= 0.6 is 11.8 Å². The summed E-state index contributed by atoms with van der Waals surface area (Å²) in [6, 6.07) is 9.51. The number of hydrogen-bond acceptors (Lipinski definition) is 6. The van der Waals surface area contributed by atoms with E-state index >= 15 is 0 Å². The van der Waals surface area contributed by atoms with E-state index in [0.29, 0.717) is 29.0 Å². The molecule has 2 aliphatic carbocycles. The van der Waals surface area contributed by atoms with Gasteiger partial charge in [0.05, 0.1) is 17.7 Å². The van der Waals surface area contributed by atoms with Crippen LogP contribution in [0.1, 0.15) is 49.0 Å². The van der Waals surface area contributed by atoms with Crippen LogP contribution in [0.15, 0.2) is 29.4 Å². The molecule has 2 aliphatic rings. The fraction of sp³-hybridized carbons (Fsp3) is 0.500. The van der Waals surface area contributed by atoms with Crippen LogP contribution in [0.5, 0.6) is 5.75 Å². The molecule has 1 aromatic carbocycles. The molecule has 0 amide bonds. The SMILES string of the molecule is N#Cc1ccc(OCC(O)CSc2nnc(C3CC3)n2C2CC2)cc1. The van der Waals surface area contributed by atoms with Crippen molar-refractivity contribution in [1.82, 2.24) is 14.8 Å². The van der Waals surface area contributed by atoms with E-state index in [1.165, 1.54) is 25.7 Å². The molecule has 0 bridgehead atoms. The summed E-state index contributed by atoms with van der Waals surface area (Å²) >= 11 is 1.55. The number of benzene rings is 1. The molecule has 1 heterocycles. The fourth-order valence-electron chi connectivity index (χ4n) is 2.72. The summed E-state index contributed by atoms with van der Waals surface area (Å²) in [7, 11) is 0. The molecule has 6 nitrogen and oxygen atoms in total. The zero-order chi connectivity index (χ0) is 17.2. The highest BCUT2D eigenvalue weighted by atomic mass is 32.2. The molecule has 4 rings (SSSR count). The topological polar surface area (TPSA) is 84.0 Å². The van der Waals surface area contributed by atoms with Gasteiger partial charge in [0.2, 0.25) is 0 Å². The first-order valence-electron chi connectivity index (χ1n) is 8.63. The van der Waals surface area contributed by atoms with Crippen LogP contribution in [0.3, 0.4) is 0 Å². The Bertz CT molecular complexity index is 775. The van der Waals surface area contributed by atoms with Crippen LogP contribution in [-0.2, 0) is 0 Å². The monoisotopic (exact) mass is 356 g/mol. The smallest absolute Gasteiger partial charge is 0.191 e. The van der Waals surface area contributed by atoms with Gasteiger partial charge in [-0.1, -0.05) is 11.8 Å². The minimum atomic E-state index is -0.589. The van der Waals surface area contributed by atoms with Crippen molar-refractivity contribution < 1.29 is 9.84 Å². The van der Waals surface area contributed by atoms with Crippen molar-refractivity contribution in [2.75, 3.05) is 12.4 Å². The molecular weight excluding hydrogens is 336 g/mol. The first kappa shape index (κ1) is 16.4. The minimum Gasteiger partial charge on any atom is -0.491 e. The van der Waals surface area contributed by atoms with Gasteiger partial charge in [0.25, 0.3) is 0 Å². The summed E-state index contributed by atoms with van der Waals surface area (Å²) in [5.41, 5.74) is 0.592. The van der Waals surface area contributed by atoms with Gasteiger partial charge < -0.3 is 14.4 Å². The third kappa shape index (κ3) is 3.97. The number of aliphatic hydroxyl groups is 1. The Kier molecular flexibility index (Phi) is 4.64. The fourth-order valence-corrected chi connectivity index (χ4v) is 3.64. The van der Waals surface area contributed by atoms with Crippen molar-refractivity contribution in [3.05, 3.63) is 35.7 Å². The minimum absolute atomic E-state index is 0.214. The van der Waals surface area contributed by atoms with Gasteiger partial charge in [-0.15, -0.1) is 10.2 Å². The number of rotatable bonds is 8. The van der Waals surface area contributed by atoms with Crippen molar-refractivity contribution in [2.45, 2.75) is 48.9 Å². The number of ether oxygens (including phenoxy) is 1. The van der Waals surface area contributed by atoms with Crippen molar-refractivity contribution in [3.63, 3.8) is 0 Å². The van der Waals surface area contributed by atoms with Crippen LogP contribution in [0, 0.1) is 11.3 Å². The summed E-state index contributed by atoms with van der Waals surface area (Å²) < 4.78 is 7.87. The Morgan fingerprint density at radius 1 is 1.24 bits per heavy atom. The van der Waals surface area contributed by atoms with Gasteiger partial charge in [0.1, 0.15) is 18.2 Å². The van der Waals surface area contributed by atoms with Crippen LogP contribution in [0.25, 0.3) is 0 Å². The molecule has 1 N–H and O–H groups in total. The maximum atomic E-state index is 10.2. The normalized spacial score (nSPS) is 17.9. The first-order valence-corrected chi connectivity index (χ1v) is 9.62. The Labute approximate surface area is 150 Å². The quantitative estimate of drug-likeness (QED) is 0.732. The number of aromatic nitrogens is 3. The second-order valence-electron chi connectivity index (χ2n) is 6.63. The molecule has 2 saturated carbocycles. The molecule has 1 atom stereocenters. The Morgan fingerprint density at radius 3 is 2.64 bits per heavy atom. The van der Waals surface area contributed by atoms with Gasteiger partial charge in [0.15, 0.2) is 5.16 Å². The third-order valence-electron chi connectivity index (χ3n) is 4.38. The van der Waals surface area contributed by atoms with Gasteiger partial charge in [0, 0.05) is 17.7 Å². The highest BCUT2D eigenvalue weighted by Crippen LogP contribution is 2.46. The second kappa shape index (κ2) is 7.06. The summed E-state index contributed by atoms with van der Waals surface area (Å²) in [6.45, 7) is 0.214. The zero-order valence-corrected chi connectivity index (χ0v) is 14.7. The maximum Gasteiger partial charge on any atom is 0.191 e. The maximum absolute atomic E-state index is 10.2. The van der Waals surface area contributed by atoms with E-state index < -0.39 is 6.10 Å². The van der Waals surface area contributed by atoms with E-state index in [1.807, 2.05) is 0 Å².